The molecule has 5 nitrogen and oxygen atoms in total. The van der Waals surface area contributed by atoms with E-state index < -0.39 is 0 Å². The summed E-state index contributed by atoms with van der Waals surface area (Å²) in [6.45, 7) is 2.92. The minimum atomic E-state index is -0.121. The number of anilines is 1. The zero-order valence-corrected chi connectivity index (χ0v) is 15.6. The topological polar surface area (TPSA) is 59.4 Å². The highest BCUT2D eigenvalue weighted by Crippen LogP contribution is 2.22. The van der Waals surface area contributed by atoms with Crippen LogP contribution in [0.2, 0.25) is 10.0 Å². The normalized spacial score (nSPS) is 14.0. The number of para-hydroxylation sites is 1. The van der Waals surface area contributed by atoms with Gasteiger partial charge in [-0.25, -0.2) is 4.79 Å². The van der Waals surface area contributed by atoms with Crippen LogP contribution in [0.4, 0.5) is 10.5 Å². The third-order valence-corrected chi connectivity index (χ3v) is 4.96. The van der Waals surface area contributed by atoms with E-state index in [1.54, 1.807) is 17.0 Å². The molecule has 3 rings (SSSR count). The number of carbonyl (C=O) groups excluding carboxylic acids is 1. The van der Waals surface area contributed by atoms with E-state index in [0.717, 1.165) is 11.3 Å². The van der Waals surface area contributed by atoms with Gasteiger partial charge in [0.05, 0.1) is 11.3 Å². The van der Waals surface area contributed by atoms with Gasteiger partial charge in [-0.15, -0.1) is 0 Å². The summed E-state index contributed by atoms with van der Waals surface area (Å²) in [5, 5.41) is 13.2. The van der Waals surface area contributed by atoms with Gasteiger partial charge < -0.3 is 15.1 Å². The Labute approximate surface area is 162 Å². The first-order chi connectivity index (χ1) is 12.6. The summed E-state index contributed by atoms with van der Waals surface area (Å²) in [6, 6.07) is 14.8. The molecular formula is C19H18Cl2N4O. The lowest BCUT2D eigenvalue weighted by Crippen LogP contribution is -2.51. The molecule has 1 aliphatic rings. The molecule has 134 valence electrons. The lowest BCUT2D eigenvalue weighted by Gasteiger charge is -2.36. The summed E-state index contributed by atoms with van der Waals surface area (Å²) < 4.78 is 0. The molecule has 0 aliphatic carbocycles. The standard InChI is InChI=1S/C19H18Cl2N4O/c20-16-6-5-15(17(21)11-16)13-23-19(26)25-9-7-24(8-10-25)18-4-2-1-3-14(18)12-22/h1-6,11H,7-10,13H2,(H,23,26). The number of benzene rings is 2. The Kier molecular flexibility index (Phi) is 5.87. The van der Waals surface area contributed by atoms with Crippen LogP contribution in [0.15, 0.2) is 42.5 Å². The van der Waals surface area contributed by atoms with Crippen molar-refractivity contribution in [1.82, 2.24) is 10.2 Å². The fraction of sp³-hybridized carbons (Fsp3) is 0.263. The van der Waals surface area contributed by atoms with E-state index in [1.807, 2.05) is 30.3 Å². The van der Waals surface area contributed by atoms with Crippen molar-refractivity contribution in [1.29, 1.82) is 5.26 Å². The van der Waals surface area contributed by atoms with Crippen molar-refractivity contribution >= 4 is 34.9 Å². The Morgan fingerprint density at radius 3 is 2.54 bits per heavy atom. The third-order valence-electron chi connectivity index (χ3n) is 4.38. The van der Waals surface area contributed by atoms with Gasteiger partial charge in [-0.2, -0.15) is 5.26 Å². The van der Waals surface area contributed by atoms with Crippen LogP contribution >= 0.6 is 23.2 Å². The number of nitrogens with one attached hydrogen (secondary N) is 1. The van der Waals surface area contributed by atoms with Crippen molar-refractivity contribution in [3.8, 4) is 6.07 Å². The predicted molar refractivity (Wildman–Crippen MR) is 104 cm³/mol. The zero-order chi connectivity index (χ0) is 18.5. The molecule has 2 amide bonds. The Bertz CT molecular complexity index is 842. The van der Waals surface area contributed by atoms with Crippen LogP contribution < -0.4 is 10.2 Å². The lowest BCUT2D eigenvalue weighted by molar-refractivity contribution is 0.194. The summed E-state index contributed by atoms with van der Waals surface area (Å²) in [5.41, 5.74) is 2.40. The van der Waals surface area contributed by atoms with Gasteiger partial charge in [0.15, 0.2) is 0 Å². The summed E-state index contributed by atoms with van der Waals surface area (Å²) in [4.78, 5) is 16.3. The molecule has 0 radical (unpaired) electrons. The molecule has 0 saturated carbocycles. The van der Waals surface area contributed by atoms with Crippen molar-refractivity contribution < 1.29 is 4.79 Å². The first-order valence-corrected chi connectivity index (χ1v) is 9.05. The molecule has 2 aromatic carbocycles. The van der Waals surface area contributed by atoms with Crippen LogP contribution in [0.5, 0.6) is 0 Å². The molecule has 26 heavy (non-hydrogen) atoms. The number of urea groups is 1. The van der Waals surface area contributed by atoms with Crippen LogP contribution in [-0.4, -0.2) is 37.1 Å². The van der Waals surface area contributed by atoms with Crippen LogP contribution in [-0.2, 0) is 6.54 Å². The molecule has 0 spiro atoms. The van der Waals surface area contributed by atoms with Gasteiger partial charge in [-0.05, 0) is 29.8 Å². The van der Waals surface area contributed by atoms with E-state index in [-0.39, 0.29) is 6.03 Å². The number of hydrogen-bond donors (Lipinski definition) is 1. The molecule has 1 fully saturated rings. The maximum absolute atomic E-state index is 12.4. The SMILES string of the molecule is N#Cc1ccccc1N1CCN(C(=O)NCc2ccc(Cl)cc2Cl)CC1. The van der Waals surface area contributed by atoms with E-state index in [9.17, 15) is 10.1 Å². The molecule has 0 aromatic heterocycles. The van der Waals surface area contributed by atoms with E-state index in [4.69, 9.17) is 23.2 Å². The highest BCUT2D eigenvalue weighted by Gasteiger charge is 2.22. The van der Waals surface area contributed by atoms with Gasteiger partial charge in [0.25, 0.3) is 0 Å². The second-order valence-corrected chi connectivity index (χ2v) is 6.84. The number of nitrogens with zero attached hydrogens (tertiary/aromatic N) is 3. The number of nitriles is 1. The summed E-state index contributed by atoms with van der Waals surface area (Å²) >= 11 is 12.0. The Morgan fingerprint density at radius 2 is 1.85 bits per heavy atom. The summed E-state index contributed by atoms with van der Waals surface area (Å²) in [5.74, 6) is 0. The Morgan fingerprint density at radius 1 is 1.12 bits per heavy atom. The molecule has 0 bridgehead atoms. The fourth-order valence-corrected chi connectivity index (χ4v) is 3.42. The molecule has 0 unspecified atom stereocenters. The molecule has 1 aliphatic heterocycles. The van der Waals surface area contributed by atoms with Crippen molar-refractivity contribution in [3.05, 3.63) is 63.6 Å². The van der Waals surface area contributed by atoms with Crippen LogP contribution in [0.3, 0.4) is 0 Å². The average Bonchev–Trinajstić information content (AvgIpc) is 2.67. The highest BCUT2D eigenvalue weighted by molar-refractivity contribution is 6.35. The molecule has 2 aromatic rings. The number of halogens is 2. The zero-order valence-electron chi connectivity index (χ0n) is 14.1. The van der Waals surface area contributed by atoms with Gasteiger partial charge in [-0.3, -0.25) is 0 Å². The predicted octanol–water partition coefficient (Wildman–Crippen LogP) is 3.90. The van der Waals surface area contributed by atoms with Crippen molar-refractivity contribution in [2.24, 2.45) is 0 Å². The fourth-order valence-electron chi connectivity index (χ4n) is 2.94. The maximum atomic E-state index is 12.4. The number of piperazine rings is 1. The number of carbonyl (C=O) groups is 1. The second-order valence-electron chi connectivity index (χ2n) is 6.00. The largest absolute Gasteiger partial charge is 0.367 e. The minimum absolute atomic E-state index is 0.121. The van der Waals surface area contributed by atoms with Gasteiger partial charge in [0.2, 0.25) is 0 Å². The Balaban J connectivity index is 1.54. The number of hydrogen-bond acceptors (Lipinski definition) is 3. The number of rotatable bonds is 3. The highest BCUT2D eigenvalue weighted by atomic mass is 35.5. The third kappa shape index (κ3) is 4.21. The number of amides is 2. The molecule has 1 N–H and O–H groups in total. The monoisotopic (exact) mass is 388 g/mol. The van der Waals surface area contributed by atoms with Crippen LogP contribution in [0.1, 0.15) is 11.1 Å². The molecular weight excluding hydrogens is 371 g/mol. The summed E-state index contributed by atoms with van der Waals surface area (Å²) in [7, 11) is 0. The van der Waals surface area contributed by atoms with Crippen LogP contribution in [0, 0.1) is 11.3 Å². The average molecular weight is 389 g/mol. The van der Waals surface area contributed by atoms with E-state index in [0.29, 0.717) is 48.3 Å². The van der Waals surface area contributed by atoms with E-state index >= 15 is 0 Å². The van der Waals surface area contributed by atoms with E-state index in [2.05, 4.69) is 16.3 Å². The van der Waals surface area contributed by atoms with Crippen molar-refractivity contribution in [2.45, 2.75) is 6.54 Å². The molecule has 0 atom stereocenters. The van der Waals surface area contributed by atoms with Crippen LogP contribution in [0.25, 0.3) is 0 Å². The Hall–Kier alpha value is -2.42. The van der Waals surface area contributed by atoms with Gasteiger partial charge in [0.1, 0.15) is 6.07 Å². The van der Waals surface area contributed by atoms with Gasteiger partial charge in [-0.1, -0.05) is 41.4 Å². The molecule has 1 saturated heterocycles. The first kappa shape index (κ1) is 18.4. The van der Waals surface area contributed by atoms with Crippen molar-refractivity contribution in [2.75, 3.05) is 31.1 Å². The van der Waals surface area contributed by atoms with Gasteiger partial charge in [0, 0.05) is 42.8 Å². The first-order valence-electron chi connectivity index (χ1n) is 8.29. The second kappa shape index (κ2) is 8.31. The lowest BCUT2D eigenvalue weighted by atomic mass is 10.1. The maximum Gasteiger partial charge on any atom is 0.317 e. The minimum Gasteiger partial charge on any atom is -0.367 e. The van der Waals surface area contributed by atoms with Gasteiger partial charge >= 0.3 is 6.03 Å². The van der Waals surface area contributed by atoms with Crippen molar-refractivity contribution in [3.63, 3.8) is 0 Å². The summed E-state index contributed by atoms with van der Waals surface area (Å²) in [6.07, 6.45) is 0. The smallest absolute Gasteiger partial charge is 0.317 e. The molecule has 7 heteroatoms. The van der Waals surface area contributed by atoms with E-state index in [1.165, 1.54) is 0 Å². The quantitative estimate of drug-likeness (QED) is 0.867. The molecule has 1 heterocycles.